The van der Waals surface area contributed by atoms with E-state index in [1.807, 2.05) is 10.6 Å². The summed E-state index contributed by atoms with van der Waals surface area (Å²) in [5, 5.41) is 0. The highest BCUT2D eigenvalue weighted by molar-refractivity contribution is 7.92. The highest BCUT2D eigenvalue weighted by Gasteiger charge is 2.24. The van der Waals surface area contributed by atoms with Crippen LogP contribution in [0.4, 0.5) is 5.69 Å². The van der Waals surface area contributed by atoms with Crippen molar-refractivity contribution in [2.45, 2.75) is 25.3 Å². The molecule has 0 atom stereocenters. The third-order valence-corrected chi connectivity index (χ3v) is 8.89. The van der Waals surface area contributed by atoms with Crippen molar-refractivity contribution in [1.29, 1.82) is 0 Å². The molecule has 39 heavy (non-hydrogen) atoms. The molecule has 4 aromatic rings. The van der Waals surface area contributed by atoms with Crippen molar-refractivity contribution >= 4 is 49.1 Å². The van der Waals surface area contributed by atoms with Gasteiger partial charge in [-0.15, -0.1) is 0 Å². The Morgan fingerprint density at radius 3 is 2.31 bits per heavy atom. The van der Waals surface area contributed by atoms with Crippen molar-refractivity contribution in [1.82, 2.24) is 4.57 Å². The van der Waals surface area contributed by atoms with Crippen molar-refractivity contribution < 1.29 is 27.5 Å². The zero-order valence-corrected chi connectivity index (χ0v) is 23.5. The summed E-state index contributed by atoms with van der Waals surface area (Å²) in [7, 11) is -2.23. The van der Waals surface area contributed by atoms with Crippen LogP contribution < -0.4 is 9.11 Å². The van der Waals surface area contributed by atoms with Crippen LogP contribution in [-0.4, -0.2) is 51.7 Å². The maximum atomic E-state index is 13.3. The van der Waals surface area contributed by atoms with Crippen LogP contribution in [0.1, 0.15) is 34.6 Å². The molecule has 1 heterocycles. The number of sulfonamides is 1. The number of hydrogen-bond donors (Lipinski definition) is 0. The Morgan fingerprint density at radius 1 is 0.974 bits per heavy atom. The van der Waals surface area contributed by atoms with Gasteiger partial charge < -0.3 is 14.0 Å². The van der Waals surface area contributed by atoms with E-state index in [0.29, 0.717) is 29.2 Å². The molecule has 0 saturated carbocycles. The molecule has 3 aromatic carbocycles. The third-order valence-electron chi connectivity index (χ3n) is 5.93. The minimum Gasteiger partial charge on any atom is -0.462 e. The minimum absolute atomic E-state index is 0.0771. The number of ether oxygens (including phenoxy) is 2. The van der Waals surface area contributed by atoms with Crippen LogP contribution in [0.25, 0.3) is 10.2 Å². The number of thiazole rings is 1. The molecule has 0 unspecified atom stereocenters. The smallest absolute Gasteiger partial charge is 0.338 e. The Labute approximate surface area is 231 Å². The summed E-state index contributed by atoms with van der Waals surface area (Å²) >= 11 is 1.27. The molecule has 9 nitrogen and oxygen atoms in total. The van der Waals surface area contributed by atoms with Crippen LogP contribution in [-0.2, 0) is 26.0 Å². The van der Waals surface area contributed by atoms with E-state index in [9.17, 15) is 18.0 Å². The number of fused-ring (bicyclic) bond motifs is 1. The van der Waals surface area contributed by atoms with Gasteiger partial charge in [-0.25, -0.2) is 13.2 Å². The zero-order valence-electron chi connectivity index (χ0n) is 21.9. The number of rotatable bonds is 10. The van der Waals surface area contributed by atoms with E-state index in [4.69, 9.17) is 9.47 Å². The van der Waals surface area contributed by atoms with Gasteiger partial charge in [0.15, 0.2) is 4.80 Å². The first-order valence-corrected chi connectivity index (χ1v) is 14.6. The summed E-state index contributed by atoms with van der Waals surface area (Å²) in [6, 6.07) is 19.8. The minimum atomic E-state index is -3.82. The van der Waals surface area contributed by atoms with Crippen LogP contribution >= 0.6 is 11.3 Å². The van der Waals surface area contributed by atoms with Gasteiger partial charge in [0.05, 0.1) is 39.6 Å². The van der Waals surface area contributed by atoms with E-state index in [1.165, 1.54) is 39.9 Å². The summed E-state index contributed by atoms with van der Waals surface area (Å²) in [5.41, 5.74) is 2.03. The first-order chi connectivity index (χ1) is 18.8. The molecule has 0 saturated heterocycles. The zero-order chi connectivity index (χ0) is 28.0. The fraction of sp³-hybridized carbons (Fsp3) is 0.250. The molecule has 204 valence electrons. The summed E-state index contributed by atoms with van der Waals surface area (Å²) in [6.07, 6.45) is 0. The number of esters is 1. The molecule has 11 heteroatoms. The van der Waals surface area contributed by atoms with E-state index in [-0.39, 0.29) is 23.6 Å². The summed E-state index contributed by atoms with van der Waals surface area (Å²) in [5.74, 6) is -0.938. The van der Waals surface area contributed by atoms with Gasteiger partial charge in [0.25, 0.3) is 15.9 Å². The lowest BCUT2D eigenvalue weighted by Gasteiger charge is -2.22. The molecule has 0 radical (unpaired) electrons. The maximum absolute atomic E-state index is 13.3. The number of anilines is 1. The van der Waals surface area contributed by atoms with Gasteiger partial charge in [0.1, 0.15) is 0 Å². The molecule has 0 fully saturated rings. The molecule has 0 spiro atoms. The summed E-state index contributed by atoms with van der Waals surface area (Å²) in [6.45, 7) is 4.88. The SMILES string of the molecule is CCOC(=O)c1ccc2c(c1)sc(=NC(=O)c1ccc(S(=O)(=O)N(CC)c3ccccc3)cc1)n2CCOC. The Hall–Kier alpha value is -3.80. The van der Waals surface area contributed by atoms with Crippen molar-refractivity contribution in [3.8, 4) is 0 Å². The van der Waals surface area contributed by atoms with Crippen molar-refractivity contribution in [3.05, 3.63) is 88.7 Å². The van der Waals surface area contributed by atoms with Crippen LogP contribution in [0, 0.1) is 0 Å². The van der Waals surface area contributed by atoms with Crippen LogP contribution in [0.2, 0.25) is 0 Å². The van der Waals surface area contributed by atoms with Gasteiger partial charge >= 0.3 is 5.97 Å². The Kier molecular flexibility index (Phi) is 8.95. The standard InChI is InChI=1S/C28H29N3O6S2/c1-4-31(22-9-7-6-8-10-22)39(34,35)23-14-11-20(12-15-23)26(32)29-28-30(17-18-36-3)24-16-13-21(19-25(24)38-28)27(33)37-5-2/h6-16,19H,4-5,17-18H2,1-3H3. The molecule has 1 aromatic heterocycles. The van der Waals surface area contributed by atoms with E-state index >= 15 is 0 Å². The molecule has 0 aliphatic heterocycles. The summed E-state index contributed by atoms with van der Waals surface area (Å²) < 4.78 is 40.8. The molecular formula is C28H29N3O6S2. The maximum Gasteiger partial charge on any atom is 0.338 e. The monoisotopic (exact) mass is 567 g/mol. The number of nitrogens with zero attached hydrogens (tertiary/aromatic N) is 3. The van der Waals surface area contributed by atoms with Gasteiger partial charge in [-0.05, 0) is 68.4 Å². The number of methoxy groups -OCH3 is 1. The first kappa shape index (κ1) is 28.2. The molecule has 0 N–H and O–H groups in total. The van der Waals surface area contributed by atoms with Crippen molar-refractivity contribution in [2.75, 3.05) is 31.2 Å². The Bertz CT molecular complexity index is 1640. The first-order valence-electron chi connectivity index (χ1n) is 12.4. The van der Waals surface area contributed by atoms with Gasteiger partial charge in [0.2, 0.25) is 0 Å². The number of aromatic nitrogens is 1. The molecule has 0 aliphatic carbocycles. The number of carbonyl (C=O) groups is 2. The van der Waals surface area contributed by atoms with E-state index in [2.05, 4.69) is 4.99 Å². The van der Waals surface area contributed by atoms with Crippen LogP contribution in [0.3, 0.4) is 0 Å². The second kappa shape index (κ2) is 12.4. The lowest BCUT2D eigenvalue weighted by molar-refractivity contribution is 0.0526. The van der Waals surface area contributed by atoms with Crippen LogP contribution in [0.5, 0.6) is 0 Å². The number of carbonyl (C=O) groups excluding carboxylic acids is 2. The Morgan fingerprint density at radius 2 is 1.67 bits per heavy atom. The van der Waals surface area contributed by atoms with E-state index < -0.39 is 21.9 Å². The highest BCUT2D eigenvalue weighted by Crippen LogP contribution is 2.24. The molecule has 1 amide bonds. The lowest BCUT2D eigenvalue weighted by atomic mass is 10.2. The van der Waals surface area contributed by atoms with E-state index in [0.717, 1.165) is 10.2 Å². The number of para-hydroxylation sites is 1. The summed E-state index contributed by atoms with van der Waals surface area (Å²) in [4.78, 5) is 30.1. The number of hydrogen-bond acceptors (Lipinski definition) is 7. The highest BCUT2D eigenvalue weighted by atomic mass is 32.2. The third kappa shape index (κ3) is 6.11. The number of benzene rings is 3. The topological polar surface area (TPSA) is 107 Å². The second-order valence-corrected chi connectivity index (χ2v) is 11.3. The normalized spacial score (nSPS) is 12.0. The number of amides is 1. The predicted octanol–water partition coefficient (Wildman–Crippen LogP) is 4.48. The average Bonchev–Trinajstić information content (AvgIpc) is 3.28. The van der Waals surface area contributed by atoms with Gasteiger partial charge in [-0.1, -0.05) is 29.5 Å². The van der Waals surface area contributed by atoms with Crippen LogP contribution in [0.15, 0.2) is 82.7 Å². The average molecular weight is 568 g/mol. The van der Waals surface area contributed by atoms with Crippen molar-refractivity contribution in [3.63, 3.8) is 0 Å². The van der Waals surface area contributed by atoms with Gasteiger partial charge in [0, 0.05) is 25.8 Å². The molecular weight excluding hydrogens is 538 g/mol. The second-order valence-electron chi connectivity index (χ2n) is 8.38. The predicted molar refractivity (Wildman–Crippen MR) is 151 cm³/mol. The Balaban J connectivity index is 1.67. The van der Waals surface area contributed by atoms with E-state index in [1.54, 1.807) is 63.4 Å². The molecule has 4 rings (SSSR count). The molecule has 0 aliphatic rings. The fourth-order valence-corrected chi connectivity index (χ4v) is 6.60. The van der Waals surface area contributed by atoms with Gasteiger partial charge in [-0.3, -0.25) is 9.10 Å². The molecule has 0 bridgehead atoms. The lowest BCUT2D eigenvalue weighted by Crippen LogP contribution is -2.30. The van der Waals surface area contributed by atoms with Crippen molar-refractivity contribution in [2.24, 2.45) is 4.99 Å². The quantitative estimate of drug-likeness (QED) is 0.262. The largest absolute Gasteiger partial charge is 0.462 e. The van der Waals surface area contributed by atoms with Gasteiger partial charge in [-0.2, -0.15) is 4.99 Å². The fourth-order valence-electron chi connectivity index (χ4n) is 4.03.